The van der Waals surface area contributed by atoms with Crippen LogP contribution in [0.25, 0.3) is 10.9 Å². The number of hydrogen-bond acceptors (Lipinski definition) is 3. The van der Waals surface area contributed by atoms with Crippen molar-refractivity contribution >= 4 is 22.5 Å². The molecule has 0 spiro atoms. The molecule has 1 aliphatic heterocycles. The summed E-state index contributed by atoms with van der Waals surface area (Å²) in [6.07, 6.45) is 0.691. The molecule has 2 N–H and O–H groups in total. The highest BCUT2D eigenvalue weighted by Crippen LogP contribution is 2.23. The molecule has 0 aliphatic carbocycles. The number of rotatable bonds is 3. The fourth-order valence-electron chi connectivity index (χ4n) is 3.99. The van der Waals surface area contributed by atoms with Gasteiger partial charge < -0.3 is 10.3 Å². The first-order valence-electron chi connectivity index (χ1n) is 9.76. The molecule has 0 atom stereocenters. The van der Waals surface area contributed by atoms with Crippen LogP contribution in [0.5, 0.6) is 0 Å². The van der Waals surface area contributed by atoms with Gasteiger partial charge in [-0.05, 0) is 55.7 Å². The molecule has 4 rings (SSSR count). The summed E-state index contributed by atoms with van der Waals surface area (Å²) in [5.41, 5.74) is 5.73. The van der Waals surface area contributed by atoms with E-state index in [2.05, 4.69) is 10.3 Å². The third-order valence-corrected chi connectivity index (χ3v) is 5.63. The normalized spacial score (nSPS) is 14.1. The lowest BCUT2D eigenvalue weighted by Crippen LogP contribution is -2.39. The second-order valence-electron chi connectivity index (χ2n) is 7.83. The van der Waals surface area contributed by atoms with E-state index in [4.69, 9.17) is 0 Å². The van der Waals surface area contributed by atoms with Crippen molar-refractivity contribution in [2.45, 2.75) is 33.7 Å². The van der Waals surface area contributed by atoms with E-state index in [0.717, 1.165) is 33.3 Å². The van der Waals surface area contributed by atoms with E-state index in [9.17, 15) is 14.0 Å². The smallest absolute Gasteiger partial charge is 0.238 e. The van der Waals surface area contributed by atoms with Gasteiger partial charge in [0.1, 0.15) is 5.82 Å². The average Bonchev–Trinajstić information content (AvgIpc) is 2.68. The Hall–Kier alpha value is -2.99. The predicted molar refractivity (Wildman–Crippen MR) is 113 cm³/mol. The summed E-state index contributed by atoms with van der Waals surface area (Å²) in [7, 11) is 0. The summed E-state index contributed by atoms with van der Waals surface area (Å²) >= 11 is 0. The number of aromatic amines is 1. The summed E-state index contributed by atoms with van der Waals surface area (Å²) in [4.78, 5) is 31.0. The number of carbonyl (C=O) groups excluding carboxylic acids is 1. The Morgan fingerprint density at radius 2 is 1.90 bits per heavy atom. The molecule has 3 aromatic rings. The van der Waals surface area contributed by atoms with E-state index in [1.54, 1.807) is 19.1 Å². The van der Waals surface area contributed by atoms with Crippen LogP contribution in [0.4, 0.5) is 10.1 Å². The first-order valence-corrected chi connectivity index (χ1v) is 9.76. The van der Waals surface area contributed by atoms with E-state index >= 15 is 0 Å². The molecule has 0 saturated heterocycles. The number of pyridine rings is 1. The Kier molecular flexibility index (Phi) is 4.96. The molecule has 0 saturated carbocycles. The molecule has 29 heavy (non-hydrogen) atoms. The van der Waals surface area contributed by atoms with Crippen molar-refractivity contribution in [2.24, 2.45) is 0 Å². The van der Waals surface area contributed by atoms with E-state index in [1.807, 2.05) is 30.9 Å². The number of carbonyl (C=O) groups is 1. The zero-order valence-electron chi connectivity index (χ0n) is 16.9. The summed E-state index contributed by atoms with van der Waals surface area (Å²) < 4.78 is 13.4. The van der Waals surface area contributed by atoms with Crippen molar-refractivity contribution in [3.05, 3.63) is 74.3 Å². The number of nitrogens with one attached hydrogen (secondary N) is 2. The molecular weight excluding hydrogens is 369 g/mol. The number of aryl methyl sites for hydroxylation is 3. The largest absolute Gasteiger partial charge is 0.358 e. The number of nitrogens with zero attached hydrogens (tertiary/aromatic N) is 1. The molecule has 1 aliphatic rings. The van der Waals surface area contributed by atoms with Crippen molar-refractivity contribution in [3.63, 3.8) is 0 Å². The molecule has 2 aromatic carbocycles. The minimum Gasteiger partial charge on any atom is -0.358 e. The summed E-state index contributed by atoms with van der Waals surface area (Å²) in [5, 5.41) is 3.54. The molecule has 0 unspecified atom stereocenters. The van der Waals surface area contributed by atoms with Gasteiger partial charge in [-0.15, -0.1) is 0 Å². The maximum atomic E-state index is 13.4. The Bertz CT molecular complexity index is 1180. The second-order valence-corrected chi connectivity index (χ2v) is 7.83. The van der Waals surface area contributed by atoms with Gasteiger partial charge in [0.25, 0.3) is 0 Å². The van der Waals surface area contributed by atoms with E-state index in [1.165, 1.54) is 6.07 Å². The number of fused-ring (bicyclic) bond motifs is 2. The Balaban J connectivity index is 1.54. The maximum Gasteiger partial charge on any atom is 0.238 e. The molecule has 150 valence electrons. The fourth-order valence-corrected chi connectivity index (χ4v) is 3.99. The van der Waals surface area contributed by atoms with Crippen LogP contribution in [0, 0.1) is 26.6 Å². The number of amides is 1. The molecule has 1 aromatic heterocycles. The number of benzene rings is 2. The van der Waals surface area contributed by atoms with E-state index in [-0.39, 0.29) is 23.7 Å². The highest BCUT2D eigenvalue weighted by molar-refractivity contribution is 5.92. The minimum atomic E-state index is -0.299. The first kappa shape index (κ1) is 19.3. The molecule has 2 heterocycles. The van der Waals surface area contributed by atoms with Crippen molar-refractivity contribution in [3.8, 4) is 0 Å². The monoisotopic (exact) mass is 393 g/mol. The third kappa shape index (κ3) is 3.68. The number of H-pyrrole nitrogens is 1. The van der Waals surface area contributed by atoms with Crippen molar-refractivity contribution in [1.29, 1.82) is 0 Å². The van der Waals surface area contributed by atoms with Gasteiger partial charge in [0, 0.05) is 41.8 Å². The van der Waals surface area contributed by atoms with E-state index in [0.29, 0.717) is 30.8 Å². The van der Waals surface area contributed by atoms with Crippen LogP contribution in [0.2, 0.25) is 0 Å². The maximum absolute atomic E-state index is 13.4. The minimum absolute atomic E-state index is 0.0502. The van der Waals surface area contributed by atoms with Gasteiger partial charge in [-0.2, -0.15) is 0 Å². The van der Waals surface area contributed by atoms with Gasteiger partial charge >= 0.3 is 0 Å². The fraction of sp³-hybridized carbons (Fsp3) is 0.304. The van der Waals surface area contributed by atoms with Gasteiger partial charge in [-0.3, -0.25) is 14.5 Å². The van der Waals surface area contributed by atoms with Crippen LogP contribution in [-0.2, 0) is 17.8 Å². The molecule has 0 fully saturated rings. The van der Waals surface area contributed by atoms with Gasteiger partial charge in [0.2, 0.25) is 5.91 Å². The Labute approximate surface area is 168 Å². The quantitative estimate of drug-likeness (QED) is 0.715. The first-order chi connectivity index (χ1) is 13.8. The topological polar surface area (TPSA) is 65.2 Å². The van der Waals surface area contributed by atoms with Crippen molar-refractivity contribution < 1.29 is 9.18 Å². The second kappa shape index (κ2) is 7.44. The van der Waals surface area contributed by atoms with Gasteiger partial charge in [-0.25, -0.2) is 4.39 Å². The third-order valence-electron chi connectivity index (χ3n) is 5.63. The van der Waals surface area contributed by atoms with Crippen LogP contribution >= 0.6 is 0 Å². The molecule has 1 amide bonds. The zero-order chi connectivity index (χ0) is 20.7. The van der Waals surface area contributed by atoms with Crippen LogP contribution in [0.1, 0.15) is 27.9 Å². The summed E-state index contributed by atoms with van der Waals surface area (Å²) in [6.45, 7) is 6.91. The molecule has 5 nitrogen and oxygen atoms in total. The average molecular weight is 393 g/mol. The number of anilines is 1. The molecule has 0 radical (unpaired) electrons. The Morgan fingerprint density at radius 1 is 1.14 bits per heavy atom. The zero-order valence-corrected chi connectivity index (χ0v) is 16.9. The summed E-state index contributed by atoms with van der Waals surface area (Å²) in [6, 6.07) is 8.50. The van der Waals surface area contributed by atoms with E-state index < -0.39 is 0 Å². The standard InChI is InChI=1S/C23H24FN3O2/c1-13-4-5-14(2)22-21(13)23(29)17-11-27(9-8-19(17)26-22)12-20(28)25-16-6-7-18(24)15(3)10-16/h4-7,10H,8-9,11-12H2,1-3H3,(H,25,28)(H,26,29). The van der Waals surface area contributed by atoms with Gasteiger partial charge in [0.15, 0.2) is 5.43 Å². The van der Waals surface area contributed by atoms with Gasteiger partial charge in [-0.1, -0.05) is 12.1 Å². The van der Waals surface area contributed by atoms with Crippen LogP contribution in [-0.4, -0.2) is 28.9 Å². The van der Waals surface area contributed by atoms with Crippen molar-refractivity contribution in [2.75, 3.05) is 18.4 Å². The Morgan fingerprint density at radius 3 is 2.66 bits per heavy atom. The molecule has 6 heteroatoms. The highest BCUT2D eigenvalue weighted by Gasteiger charge is 2.23. The lowest BCUT2D eigenvalue weighted by Gasteiger charge is -2.28. The predicted octanol–water partition coefficient (Wildman–Crippen LogP) is 3.59. The highest BCUT2D eigenvalue weighted by atomic mass is 19.1. The number of aromatic nitrogens is 1. The molecule has 0 bridgehead atoms. The molecular formula is C23H24FN3O2. The van der Waals surface area contributed by atoms with Crippen molar-refractivity contribution in [1.82, 2.24) is 9.88 Å². The number of hydrogen-bond donors (Lipinski definition) is 2. The van der Waals surface area contributed by atoms with Gasteiger partial charge in [0.05, 0.1) is 12.1 Å². The lowest BCUT2D eigenvalue weighted by molar-refractivity contribution is -0.117. The SMILES string of the molecule is Cc1cc(NC(=O)CN2CCc3[nH]c4c(C)ccc(C)c4c(=O)c3C2)ccc1F. The number of halogens is 1. The summed E-state index contributed by atoms with van der Waals surface area (Å²) in [5.74, 6) is -0.476. The lowest BCUT2D eigenvalue weighted by atomic mass is 9.98. The van der Waals surface area contributed by atoms with Crippen LogP contribution < -0.4 is 10.7 Å². The van der Waals surface area contributed by atoms with Crippen LogP contribution in [0.3, 0.4) is 0 Å². The van der Waals surface area contributed by atoms with Crippen LogP contribution in [0.15, 0.2) is 35.1 Å².